The molecule has 108 valence electrons. The first kappa shape index (κ1) is 15.1. The first-order valence-corrected chi connectivity index (χ1v) is 7.01. The van der Waals surface area contributed by atoms with Crippen LogP contribution in [0.1, 0.15) is 18.5 Å². The Morgan fingerprint density at radius 2 is 2.15 bits per heavy atom. The molecule has 0 radical (unpaired) electrons. The molecule has 0 spiro atoms. The van der Waals surface area contributed by atoms with Gasteiger partial charge in [-0.2, -0.15) is 0 Å². The zero-order valence-corrected chi connectivity index (χ0v) is 12.5. The zero-order valence-electron chi connectivity index (χ0n) is 11.0. The number of amides is 3. The molecular formula is C13H15Cl2N3O2. The Kier molecular flexibility index (Phi) is 4.86. The number of carbonyl (C=O) groups excluding carboxylic acids is 2. The molecule has 2 N–H and O–H groups in total. The number of urea groups is 1. The van der Waals surface area contributed by atoms with Gasteiger partial charge in [0.15, 0.2) is 0 Å². The van der Waals surface area contributed by atoms with Crippen molar-refractivity contribution in [2.75, 3.05) is 19.6 Å². The van der Waals surface area contributed by atoms with Gasteiger partial charge in [-0.1, -0.05) is 35.3 Å². The molecule has 3 amide bonds. The molecule has 5 nitrogen and oxygen atoms in total. The fourth-order valence-electron chi connectivity index (χ4n) is 2.04. The van der Waals surface area contributed by atoms with Crippen LogP contribution in [0, 0.1) is 0 Å². The van der Waals surface area contributed by atoms with Gasteiger partial charge in [0.1, 0.15) is 0 Å². The lowest BCUT2D eigenvalue weighted by molar-refractivity contribution is -0.124. The van der Waals surface area contributed by atoms with Gasteiger partial charge < -0.3 is 10.6 Å². The van der Waals surface area contributed by atoms with Gasteiger partial charge in [0.25, 0.3) is 0 Å². The predicted octanol–water partition coefficient (Wildman–Crippen LogP) is 2.20. The summed E-state index contributed by atoms with van der Waals surface area (Å²) in [5.41, 5.74) is 0.886. The second kappa shape index (κ2) is 6.43. The van der Waals surface area contributed by atoms with E-state index in [1.807, 2.05) is 19.1 Å². The normalized spacial score (nSPS) is 16.4. The smallest absolute Gasteiger partial charge is 0.324 e. The molecule has 20 heavy (non-hydrogen) atoms. The topological polar surface area (TPSA) is 61.4 Å². The van der Waals surface area contributed by atoms with Crippen LogP contribution in [-0.2, 0) is 4.79 Å². The minimum atomic E-state index is -0.342. The van der Waals surface area contributed by atoms with Gasteiger partial charge in [0.2, 0.25) is 5.91 Å². The molecule has 1 aliphatic rings. The van der Waals surface area contributed by atoms with E-state index in [-0.39, 0.29) is 24.5 Å². The molecule has 0 bridgehead atoms. The number of rotatable bonds is 5. The van der Waals surface area contributed by atoms with Crippen LogP contribution in [0.25, 0.3) is 0 Å². The summed E-state index contributed by atoms with van der Waals surface area (Å²) < 4.78 is 0. The number of nitrogens with zero attached hydrogens (tertiary/aromatic N) is 1. The summed E-state index contributed by atoms with van der Waals surface area (Å²) in [6.07, 6.45) is 0. The van der Waals surface area contributed by atoms with Crippen molar-refractivity contribution in [3.8, 4) is 0 Å². The highest BCUT2D eigenvalue weighted by Gasteiger charge is 2.27. The Bertz CT molecular complexity index is 520. The lowest BCUT2D eigenvalue weighted by Crippen LogP contribution is -2.37. The van der Waals surface area contributed by atoms with E-state index in [2.05, 4.69) is 10.6 Å². The standard InChI is InChI=1S/C13H15Cl2N3O2/c1-8(9-3-2-4-10(14)12(9)15)16-5-6-18-11(19)7-17-13(18)20/h2-4,8,16H,5-7H2,1H3,(H,17,20)/t8-/m1/s1. The largest absolute Gasteiger partial charge is 0.329 e. The second-order valence-corrected chi connectivity index (χ2v) is 5.31. The average Bonchev–Trinajstić information content (AvgIpc) is 2.73. The van der Waals surface area contributed by atoms with E-state index in [0.717, 1.165) is 5.56 Å². The predicted molar refractivity (Wildman–Crippen MR) is 78.0 cm³/mol. The van der Waals surface area contributed by atoms with Gasteiger partial charge in [-0.15, -0.1) is 0 Å². The number of halogens is 2. The number of hydrogen-bond acceptors (Lipinski definition) is 3. The molecule has 1 fully saturated rings. The molecule has 0 aromatic heterocycles. The van der Waals surface area contributed by atoms with Crippen LogP contribution >= 0.6 is 23.2 Å². The Hall–Kier alpha value is -1.30. The third-order valence-electron chi connectivity index (χ3n) is 3.17. The van der Waals surface area contributed by atoms with Gasteiger partial charge in [-0.25, -0.2) is 4.79 Å². The molecule has 7 heteroatoms. The summed E-state index contributed by atoms with van der Waals surface area (Å²) >= 11 is 12.1. The molecule has 1 saturated heterocycles. The summed E-state index contributed by atoms with van der Waals surface area (Å²) in [5.74, 6) is -0.203. The maximum Gasteiger partial charge on any atom is 0.324 e. The molecular weight excluding hydrogens is 301 g/mol. The average molecular weight is 316 g/mol. The lowest BCUT2D eigenvalue weighted by Gasteiger charge is -2.18. The number of imide groups is 1. The summed E-state index contributed by atoms with van der Waals surface area (Å²) in [4.78, 5) is 24.0. The number of hydrogen-bond donors (Lipinski definition) is 2. The third-order valence-corrected chi connectivity index (χ3v) is 4.00. The highest BCUT2D eigenvalue weighted by atomic mass is 35.5. The van der Waals surface area contributed by atoms with Gasteiger partial charge in [0.05, 0.1) is 16.6 Å². The third kappa shape index (κ3) is 3.23. The van der Waals surface area contributed by atoms with E-state index in [0.29, 0.717) is 23.1 Å². The molecule has 2 rings (SSSR count). The highest BCUT2D eigenvalue weighted by Crippen LogP contribution is 2.29. The first-order chi connectivity index (χ1) is 9.50. The van der Waals surface area contributed by atoms with Crippen molar-refractivity contribution in [1.29, 1.82) is 0 Å². The van der Waals surface area contributed by atoms with Gasteiger partial charge in [0, 0.05) is 19.1 Å². The van der Waals surface area contributed by atoms with E-state index in [9.17, 15) is 9.59 Å². The Morgan fingerprint density at radius 1 is 1.40 bits per heavy atom. The Labute approximate surface area is 127 Å². The summed E-state index contributed by atoms with van der Waals surface area (Å²) in [6, 6.07) is 5.08. The minimum Gasteiger partial charge on any atom is -0.329 e. The molecule has 0 unspecified atom stereocenters. The minimum absolute atomic E-state index is 0.0260. The van der Waals surface area contributed by atoms with Crippen molar-refractivity contribution in [1.82, 2.24) is 15.5 Å². The molecule has 0 saturated carbocycles. The summed E-state index contributed by atoms with van der Waals surface area (Å²) in [6.45, 7) is 2.84. The van der Waals surface area contributed by atoms with Gasteiger partial charge in [-0.05, 0) is 18.6 Å². The first-order valence-electron chi connectivity index (χ1n) is 6.26. The maximum absolute atomic E-state index is 11.4. The van der Waals surface area contributed by atoms with Crippen LogP contribution in [0.15, 0.2) is 18.2 Å². The van der Waals surface area contributed by atoms with E-state index < -0.39 is 0 Å². The SMILES string of the molecule is C[C@@H](NCCN1C(=O)CNC1=O)c1cccc(Cl)c1Cl. The molecule has 1 atom stereocenters. The van der Waals surface area contributed by atoms with Crippen LogP contribution in [0.2, 0.25) is 10.0 Å². The number of nitrogens with one attached hydrogen (secondary N) is 2. The lowest BCUT2D eigenvalue weighted by atomic mass is 10.1. The highest BCUT2D eigenvalue weighted by molar-refractivity contribution is 6.42. The maximum atomic E-state index is 11.4. The van der Waals surface area contributed by atoms with Crippen molar-refractivity contribution in [3.05, 3.63) is 33.8 Å². The fourth-order valence-corrected chi connectivity index (χ4v) is 2.51. The van der Waals surface area contributed by atoms with Crippen molar-refractivity contribution >= 4 is 35.1 Å². The van der Waals surface area contributed by atoms with Crippen LogP contribution < -0.4 is 10.6 Å². The molecule has 1 aromatic rings. The fraction of sp³-hybridized carbons (Fsp3) is 0.385. The number of benzene rings is 1. The quantitative estimate of drug-likeness (QED) is 0.819. The Morgan fingerprint density at radius 3 is 2.80 bits per heavy atom. The van der Waals surface area contributed by atoms with E-state index in [1.165, 1.54) is 4.90 Å². The Balaban J connectivity index is 1.89. The summed E-state index contributed by atoms with van der Waals surface area (Å²) in [7, 11) is 0. The summed E-state index contributed by atoms with van der Waals surface area (Å²) in [5, 5.41) is 6.72. The van der Waals surface area contributed by atoms with E-state index in [4.69, 9.17) is 23.2 Å². The van der Waals surface area contributed by atoms with E-state index >= 15 is 0 Å². The monoisotopic (exact) mass is 315 g/mol. The van der Waals surface area contributed by atoms with Crippen LogP contribution in [-0.4, -0.2) is 36.5 Å². The molecule has 0 aliphatic carbocycles. The van der Waals surface area contributed by atoms with Crippen LogP contribution in [0.3, 0.4) is 0 Å². The van der Waals surface area contributed by atoms with Gasteiger partial charge >= 0.3 is 6.03 Å². The van der Waals surface area contributed by atoms with E-state index in [1.54, 1.807) is 6.07 Å². The molecule has 1 aliphatic heterocycles. The van der Waals surface area contributed by atoms with Gasteiger partial charge in [-0.3, -0.25) is 9.69 Å². The van der Waals surface area contributed by atoms with Crippen LogP contribution in [0.4, 0.5) is 4.79 Å². The molecule has 1 aromatic carbocycles. The van der Waals surface area contributed by atoms with Crippen molar-refractivity contribution in [2.45, 2.75) is 13.0 Å². The van der Waals surface area contributed by atoms with Crippen molar-refractivity contribution in [2.24, 2.45) is 0 Å². The van der Waals surface area contributed by atoms with Crippen molar-refractivity contribution < 1.29 is 9.59 Å². The molecule has 1 heterocycles. The second-order valence-electron chi connectivity index (χ2n) is 4.52. The van der Waals surface area contributed by atoms with Crippen molar-refractivity contribution in [3.63, 3.8) is 0 Å². The van der Waals surface area contributed by atoms with Crippen LogP contribution in [0.5, 0.6) is 0 Å². The zero-order chi connectivity index (χ0) is 14.7. The number of carbonyl (C=O) groups is 2.